The molecule has 7 rings (SSSR count). The summed E-state index contributed by atoms with van der Waals surface area (Å²) in [5.74, 6) is -0.876. The summed E-state index contributed by atoms with van der Waals surface area (Å²) in [5.41, 5.74) is 0.0560. The lowest BCUT2D eigenvalue weighted by molar-refractivity contribution is 0.00506. The van der Waals surface area contributed by atoms with E-state index >= 15 is 0 Å². The molecule has 9 nitrogen and oxygen atoms in total. The molecule has 0 bridgehead atoms. The molecule has 3 aliphatic rings. The lowest BCUT2D eigenvalue weighted by Gasteiger charge is -2.33. The molecule has 1 unspecified atom stereocenters. The van der Waals surface area contributed by atoms with Gasteiger partial charge in [-0.15, -0.1) is 0 Å². The molecule has 0 aromatic heterocycles. The van der Waals surface area contributed by atoms with Crippen LogP contribution in [-0.4, -0.2) is 31.3 Å². The summed E-state index contributed by atoms with van der Waals surface area (Å²) in [4.78, 5) is 14.3. The van der Waals surface area contributed by atoms with E-state index in [0.717, 1.165) is 11.6 Å². The van der Waals surface area contributed by atoms with Crippen LogP contribution in [-0.2, 0) is 12.0 Å². The molecule has 5 N–H and O–H groups in total. The van der Waals surface area contributed by atoms with E-state index < -0.39 is 29.3 Å². The topological polar surface area (TPSA) is 146 Å². The number of carbonyl (C=O) groups is 1. The van der Waals surface area contributed by atoms with Crippen LogP contribution in [0.4, 0.5) is 0 Å². The second-order valence-corrected chi connectivity index (χ2v) is 9.91. The van der Waals surface area contributed by atoms with Crippen molar-refractivity contribution >= 4 is 5.78 Å². The van der Waals surface area contributed by atoms with Crippen molar-refractivity contribution in [1.82, 2.24) is 0 Å². The van der Waals surface area contributed by atoms with E-state index in [4.69, 9.17) is 14.2 Å². The first-order valence-electron chi connectivity index (χ1n) is 12.4. The number of hydrogen-bond donors (Lipinski definition) is 5. The Bertz CT molecular complexity index is 1660. The van der Waals surface area contributed by atoms with Crippen molar-refractivity contribution in [2.24, 2.45) is 0 Å². The number of phenolic OH excluding ortho intramolecular Hbond substituents is 5. The van der Waals surface area contributed by atoms with Crippen molar-refractivity contribution in [3.8, 4) is 46.0 Å². The number of ketones is 1. The number of phenols is 5. The second kappa shape index (κ2) is 7.97. The molecule has 0 saturated heterocycles. The van der Waals surface area contributed by atoms with E-state index in [-0.39, 0.29) is 51.4 Å². The SMILES string of the molecule is O=C1c2c(O)cc(O)cc2O[C@]12c1c(cc(O)c3c1OC(c1ccc(O)cc1)CC3)O[C@H]2c1ccc(O)cc1. The smallest absolute Gasteiger partial charge is 0.244 e. The van der Waals surface area contributed by atoms with Gasteiger partial charge in [-0.2, -0.15) is 0 Å². The summed E-state index contributed by atoms with van der Waals surface area (Å²) in [7, 11) is 0. The van der Waals surface area contributed by atoms with Gasteiger partial charge in [0, 0.05) is 23.8 Å². The van der Waals surface area contributed by atoms with Crippen LogP contribution in [0.2, 0.25) is 0 Å². The third-order valence-corrected chi connectivity index (χ3v) is 7.59. The normalized spacial score (nSPS) is 22.4. The highest BCUT2D eigenvalue weighted by Gasteiger charge is 2.65. The molecule has 3 heterocycles. The molecule has 0 fully saturated rings. The van der Waals surface area contributed by atoms with Crippen molar-refractivity contribution in [2.75, 3.05) is 0 Å². The lowest BCUT2D eigenvalue weighted by Crippen LogP contribution is -2.42. The summed E-state index contributed by atoms with van der Waals surface area (Å²) in [5, 5.41) is 51.3. The Balaban J connectivity index is 1.45. The van der Waals surface area contributed by atoms with Crippen LogP contribution >= 0.6 is 0 Å². The minimum absolute atomic E-state index is 0.0166. The van der Waals surface area contributed by atoms with Gasteiger partial charge in [-0.1, -0.05) is 24.3 Å². The summed E-state index contributed by atoms with van der Waals surface area (Å²) in [6.07, 6.45) is -0.584. The number of carbonyl (C=O) groups excluding carboxylic acids is 1. The molecular weight excluding hydrogens is 504 g/mol. The maximum absolute atomic E-state index is 14.3. The predicted octanol–water partition coefficient (Wildman–Crippen LogP) is 4.89. The van der Waals surface area contributed by atoms with Crippen LogP contribution in [0.1, 0.15) is 51.2 Å². The Morgan fingerprint density at radius 2 is 1.38 bits per heavy atom. The minimum atomic E-state index is -1.87. The van der Waals surface area contributed by atoms with Gasteiger partial charge >= 0.3 is 0 Å². The highest BCUT2D eigenvalue weighted by atomic mass is 16.6. The fourth-order valence-electron chi connectivity index (χ4n) is 5.81. The first-order chi connectivity index (χ1) is 18.8. The van der Waals surface area contributed by atoms with Gasteiger partial charge < -0.3 is 39.7 Å². The molecular formula is C30H22O9. The average molecular weight is 526 g/mol. The van der Waals surface area contributed by atoms with Gasteiger partial charge in [0.1, 0.15) is 57.7 Å². The zero-order valence-corrected chi connectivity index (χ0v) is 20.3. The molecule has 196 valence electrons. The Morgan fingerprint density at radius 3 is 2.08 bits per heavy atom. The first kappa shape index (κ1) is 23.1. The number of hydrogen-bond acceptors (Lipinski definition) is 9. The second-order valence-electron chi connectivity index (χ2n) is 9.91. The quantitative estimate of drug-likeness (QED) is 0.246. The zero-order chi connectivity index (χ0) is 27.1. The standard InChI is InChI=1S/C30H22O9/c31-16-5-1-14(2-6-16)22-10-9-19-20(34)13-24-26(27(19)37-22)30(29(38-24)15-3-7-17(32)8-4-15)28(36)25-21(35)11-18(33)12-23(25)39-30/h1-8,11-13,22,29,31-35H,9-10H2/t22?,29-,30+/m0/s1. The third kappa shape index (κ3) is 3.22. The number of Topliss-reactive ketones (excluding diaryl/α,β-unsaturated/α-hetero) is 1. The molecule has 4 aromatic carbocycles. The number of rotatable bonds is 2. The van der Waals surface area contributed by atoms with Gasteiger partial charge in [0.15, 0.2) is 6.10 Å². The van der Waals surface area contributed by atoms with E-state index in [1.165, 1.54) is 24.3 Å². The van der Waals surface area contributed by atoms with Crippen LogP contribution in [0.25, 0.3) is 0 Å². The molecule has 4 aromatic rings. The van der Waals surface area contributed by atoms with Crippen molar-refractivity contribution in [3.63, 3.8) is 0 Å². The van der Waals surface area contributed by atoms with Crippen LogP contribution < -0.4 is 14.2 Å². The third-order valence-electron chi connectivity index (χ3n) is 7.59. The maximum atomic E-state index is 14.3. The van der Waals surface area contributed by atoms with Crippen molar-refractivity contribution in [2.45, 2.75) is 30.7 Å². The van der Waals surface area contributed by atoms with Gasteiger partial charge in [-0.3, -0.25) is 4.79 Å². The van der Waals surface area contributed by atoms with Gasteiger partial charge in [-0.05, 0) is 48.2 Å². The summed E-state index contributed by atoms with van der Waals surface area (Å²) in [6.45, 7) is 0. The molecule has 0 aliphatic carbocycles. The molecule has 1 spiro atoms. The van der Waals surface area contributed by atoms with Crippen molar-refractivity contribution < 1.29 is 44.5 Å². The van der Waals surface area contributed by atoms with E-state index in [2.05, 4.69) is 0 Å². The highest BCUT2D eigenvalue weighted by molar-refractivity contribution is 6.12. The van der Waals surface area contributed by atoms with Crippen LogP contribution in [0.3, 0.4) is 0 Å². The van der Waals surface area contributed by atoms with Crippen LogP contribution in [0.5, 0.6) is 46.0 Å². The van der Waals surface area contributed by atoms with Gasteiger partial charge in [0.2, 0.25) is 11.4 Å². The highest BCUT2D eigenvalue weighted by Crippen LogP contribution is 2.63. The molecule has 3 atom stereocenters. The summed E-state index contributed by atoms with van der Waals surface area (Å²) >= 11 is 0. The van der Waals surface area contributed by atoms with Gasteiger partial charge in [-0.25, -0.2) is 0 Å². The summed E-state index contributed by atoms with van der Waals surface area (Å²) in [6, 6.07) is 16.4. The average Bonchev–Trinajstić information content (AvgIpc) is 3.39. The monoisotopic (exact) mass is 526 g/mol. The van der Waals surface area contributed by atoms with E-state index in [1.54, 1.807) is 36.4 Å². The Labute approximate surface area is 221 Å². The number of aromatic hydroxyl groups is 5. The molecule has 39 heavy (non-hydrogen) atoms. The fraction of sp³-hybridized carbons (Fsp3) is 0.167. The lowest BCUT2D eigenvalue weighted by atomic mass is 9.79. The molecule has 0 amide bonds. The number of benzene rings is 4. The van der Waals surface area contributed by atoms with E-state index in [1.807, 2.05) is 0 Å². The number of ether oxygens (including phenoxy) is 3. The summed E-state index contributed by atoms with van der Waals surface area (Å²) < 4.78 is 19.1. The first-order valence-corrected chi connectivity index (χ1v) is 12.4. The van der Waals surface area contributed by atoms with Crippen LogP contribution in [0.15, 0.2) is 66.7 Å². The number of fused-ring (bicyclic) bond motifs is 5. The Kier molecular flexibility index (Phi) is 4.72. The molecule has 0 saturated carbocycles. The maximum Gasteiger partial charge on any atom is 0.244 e. The molecule has 9 heteroatoms. The molecule has 0 radical (unpaired) electrons. The minimum Gasteiger partial charge on any atom is -0.508 e. The van der Waals surface area contributed by atoms with Gasteiger partial charge in [0.25, 0.3) is 0 Å². The predicted molar refractivity (Wildman–Crippen MR) is 136 cm³/mol. The van der Waals surface area contributed by atoms with E-state index in [9.17, 15) is 30.3 Å². The van der Waals surface area contributed by atoms with E-state index in [0.29, 0.717) is 24.0 Å². The van der Waals surface area contributed by atoms with Crippen molar-refractivity contribution in [1.29, 1.82) is 0 Å². The Morgan fingerprint density at radius 1 is 0.718 bits per heavy atom. The molecule has 3 aliphatic heterocycles. The van der Waals surface area contributed by atoms with Crippen molar-refractivity contribution in [3.05, 3.63) is 94.5 Å². The fourth-order valence-corrected chi connectivity index (χ4v) is 5.81. The van der Waals surface area contributed by atoms with Crippen LogP contribution in [0, 0.1) is 0 Å². The van der Waals surface area contributed by atoms with Gasteiger partial charge in [0.05, 0.1) is 5.56 Å². The zero-order valence-electron chi connectivity index (χ0n) is 20.3. The largest absolute Gasteiger partial charge is 0.508 e. The Hall–Kier alpha value is -5.05.